The fourth-order valence-corrected chi connectivity index (χ4v) is 1.68. The first-order valence-corrected chi connectivity index (χ1v) is 6.44. The minimum Gasteiger partial charge on any atom is -0.494 e. The van der Waals surface area contributed by atoms with Gasteiger partial charge in [0.2, 0.25) is 5.91 Å². The second-order valence-electron chi connectivity index (χ2n) is 4.29. The van der Waals surface area contributed by atoms with Gasteiger partial charge in [0.05, 0.1) is 6.61 Å². The molecule has 0 N–H and O–H groups in total. The summed E-state index contributed by atoms with van der Waals surface area (Å²) in [7, 11) is 0. The summed E-state index contributed by atoms with van der Waals surface area (Å²) in [6.45, 7) is 0.698. The second-order valence-corrected chi connectivity index (χ2v) is 4.29. The van der Waals surface area contributed by atoms with Crippen LogP contribution in [0.25, 0.3) is 0 Å². The van der Waals surface area contributed by atoms with Crippen molar-refractivity contribution in [3.8, 4) is 5.75 Å². The van der Waals surface area contributed by atoms with E-state index in [1.54, 1.807) is 12.1 Å². The lowest BCUT2D eigenvalue weighted by atomic mass is 10.2. The fourth-order valence-electron chi connectivity index (χ4n) is 1.68. The molecular weight excluding hydrogens is 271 g/mol. The molecule has 112 valence electrons. The fraction of sp³-hybridized carbons (Fsp3) is 0.500. The molecule has 1 rings (SSSR count). The SMILES string of the molecule is CCN(CC(F)(F)F)C(=O)CCCOc1ccccc1. The summed E-state index contributed by atoms with van der Waals surface area (Å²) < 4.78 is 42.1. The molecule has 0 saturated heterocycles. The number of alkyl halides is 3. The third-order valence-electron chi connectivity index (χ3n) is 2.65. The van der Waals surface area contributed by atoms with Gasteiger partial charge in [-0.3, -0.25) is 4.79 Å². The predicted molar refractivity (Wildman–Crippen MR) is 69.5 cm³/mol. The Bertz CT molecular complexity index is 407. The van der Waals surface area contributed by atoms with Gasteiger partial charge in [0, 0.05) is 13.0 Å². The molecule has 0 saturated carbocycles. The number of nitrogens with zero attached hydrogens (tertiary/aromatic N) is 1. The van der Waals surface area contributed by atoms with Gasteiger partial charge in [-0.15, -0.1) is 0 Å². The molecular formula is C14H18F3NO2. The van der Waals surface area contributed by atoms with Crippen molar-refractivity contribution in [1.82, 2.24) is 4.90 Å². The molecule has 1 amide bonds. The van der Waals surface area contributed by atoms with Gasteiger partial charge in [-0.2, -0.15) is 13.2 Å². The first kappa shape index (κ1) is 16.3. The quantitative estimate of drug-likeness (QED) is 0.721. The molecule has 0 spiro atoms. The Morgan fingerprint density at radius 3 is 2.45 bits per heavy atom. The molecule has 0 atom stereocenters. The Morgan fingerprint density at radius 1 is 1.25 bits per heavy atom. The van der Waals surface area contributed by atoms with E-state index in [9.17, 15) is 18.0 Å². The van der Waals surface area contributed by atoms with Crippen molar-refractivity contribution in [3.63, 3.8) is 0 Å². The summed E-state index contributed by atoms with van der Waals surface area (Å²) >= 11 is 0. The molecule has 0 aromatic heterocycles. The van der Waals surface area contributed by atoms with E-state index in [4.69, 9.17) is 4.74 Å². The van der Waals surface area contributed by atoms with Crippen molar-refractivity contribution < 1.29 is 22.7 Å². The Labute approximate surface area is 116 Å². The third kappa shape index (κ3) is 6.45. The maximum atomic E-state index is 12.2. The van der Waals surface area contributed by atoms with Crippen molar-refractivity contribution in [2.24, 2.45) is 0 Å². The largest absolute Gasteiger partial charge is 0.494 e. The summed E-state index contributed by atoms with van der Waals surface area (Å²) in [5, 5.41) is 0. The summed E-state index contributed by atoms with van der Waals surface area (Å²) in [5.74, 6) is 0.184. The van der Waals surface area contributed by atoms with E-state index in [0.717, 1.165) is 4.90 Å². The van der Waals surface area contributed by atoms with Gasteiger partial charge in [0.15, 0.2) is 0 Å². The van der Waals surface area contributed by atoms with Crippen LogP contribution < -0.4 is 4.74 Å². The van der Waals surface area contributed by atoms with Crippen molar-refractivity contribution in [2.75, 3.05) is 19.7 Å². The molecule has 0 fully saturated rings. The van der Waals surface area contributed by atoms with E-state index >= 15 is 0 Å². The number of ether oxygens (including phenoxy) is 1. The molecule has 0 aliphatic carbocycles. The molecule has 20 heavy (non-hydrogen) atoms. The van der Waals surface area contributed by atoms with Crippen molar-refractivity contribution >= 4 is 5.91 Å². The number of para-hydroxylation sites is 1. The highest BCUT2D eigenvalue weighted by Gasteiger charge is 2.31. The monoisotopic (exact) mass is 289 g/mol. The lowest BCUT2D eigenvalue weighted by Gasteiger charge is -2.22. The zero-order valence-electron chi connectivity index (χ0n) is 11.3. The lowest BCUT2D eigenvalue weighted by Crippen LogP contribution is -2.38. The van der Waals surface area contributed by atoms with E-state index in [0.29, 0.717) is 18.8 Å². The van der Waals surface area contributed by atoms with Crippen LogP contribution in [0.5, 0.6) is 5.75 Å². The first-order chi connectivity index (χ1) is 9.42. The molecule has 0 unspecified atom stereocenters. The predicted octanol–water partition coefficient (Wildman–Crippen LogP) is 3.26. The van der Waals surface area contributed by atoms with Gasteiger partial charge in [-0.1, -0.05) is 18.2 Å². The van der Waals surface area contributed by atoms with E-state index in [-0.39, 0.29) is 13.0 Å². The van der Waals surface area contributed by atoms with Crippen molar-refractivity contribution in [1.29, 1.82) is 0 Å². The van der Waals surface area contributed by atoms with Gasteiger partial charge in [0.1, 0.15) is 12.3 Å². The zero-order valence-corrected chi connectivity index (χ0v) is 11.3. The van der Waals surface area contributed by atoms with Gasteiger partial charge in [0.25, 0.3) is 0 Å². The second kappa shape index (κ2) is 7.77. The minimum atomic E-state index is -4.35. The van der Waals surface area contributed by atoms with Crippen LogP contribution in [0.2, 0.25) is 0 Å². The highest BCUT2D eigenvalue weighted by Crippen LogP contribution is 2.17. The molecule has 0 bridgehead atoms. The summed E-state index contributed by atoms with van der Waals surface area (Å²) in [5.41, 5.74) is 0. The molecule has 3 nitrogen and oxygen atoms in total. The summed E-state index contributed by atoms with van der Waals surface area (Å²) in [6, 6.07) is 9.06. The lowest BCUT2D eigenvalue weighted by molar-refractivity contribution is -0.160. The van der Waals surface area contributed by atoms with E-state index in [1.165, 1.54) is 6.92 Å². The average molecular weight is 289 g/mol. The van der Waals surface area contributed by atoms with E-state index in [2.05, 4.69) is 0 Å². The molecule has 6 heteroatoms. The number of carbonyl (C=O) groups excluding carboxylic acids is 1. The van der Waals surface area contributed by atoms with Crippen LogP contribution in [0.15, 0.2) is 30.3 Å². The Kier molecular flexibility index (Phi) is 6.35. The van der Waals surface area contributed by atoms with Crippen LogP contribution in [0.1, 0.15) is 19.8 Å². The van der Waals surface area contributed by atoms with Crippen LogP contribution in [0.3, 0.4) is 0 Å². The average Bonchev–Trinajstić information content (AvgIpc) is 2.41. The Hall–Kier alpha value is -1.72. The van der Waals surface area contributed by atoms with E-state index in [1.807, 2.05) is 18.2 Å². The van der Waals surface area contributed by atoms with Crippen LogP contribution in [-0.4, -0.2) is 36.7 Å². The van der Waals surface area contributed by atoms with Crippen LogP contribution in [0, 0.1) is 0 Å². The number of amides is 1. The molecule has 1 aromatic rings. The number of hydrogen-bond donors (Lipinski definition) is 0. The molecule has 0 radical (unpaired) electrons. The number of rotatable bonds is 7. The van der Waals surface area contributed by atoms with Crippen LogP contribution >= 0.6 is 0 Å². The van der Waals surface area contributed by atoms with Gasteiger partial charge >= 0.3 is 6.18 Å². The molecule has 1 aromatic carbocycles. The standard InChI is InChI=1S/C14H18F3NO2/c1-2-18(11-14(15,16)17)13(19)9-6-10-20-12-7-4-3-5-8-12/h3-5,7-8H,2,6,9-11H2,1H3. The van der Waals surface area contributed by atoms with Gasteiger partial charge < -0.3 is 9.64 Å². The highest BCUT2D eigenvalue weighted by atomic mass is 19.4. The maximum absolute atomic E-state index is 12.2. The summed E-state index contributed by atoms with van der Waals surface area (Å²) in [6.07, 6.45) is -3.91. The topological polar surface area (TPSA) is 29.5 Å². The van der Waals surface area contributed by atoms with Crippen LogP contribution in [-0.2, 0) is 4.79 Å². The van der Waals surface area contributed by atoms with Crippen LogP contribution in [0.4, 0.5) is 13.2 Å². The molecule has 0 aliphatic rings. The number of carbonyl (C=O) groups is 1. The van der Waals surface area contributed by atoms with Crippen molar-refractivity contribution in [3.05, 3.63) is 30.3 Å². The van der Waals surface area contributed by atoms with Gasteiger partial charge in [-0.05, 0) is 25.5 Å². The van der Waals surface area contributed by atoms with Gasteiger partial charge in [-0.25, -0.2) is 0 Å². The molecule has 0 heterocycles. The van der Waals surface area contributed by atoms with E-state index < -0.39 is 18.6 Å². The highest BCUT2D eigenvalue weighted by molar-refractivity contribution is 5.76. The molecule has 0 aliphatic heterocycles. The maximum Gasteiger partial charge on any atom is 0.406 e. The third-order valence-corrected chi connectivity index (χ3v) is 2.65. The Morgan fingerprint density at radius 2 is 1.90 bits per heavy atom. The minimum absolute atomic E-state index is 0.0523. The Balaban J connectivity index is 2.28. The number of hydrogen-bond acceptors (Lipinski definition) is 2. The normalized spacial score (nSPS) is 11.2. The summed E-state index contributed by atoms with van der Waals surface area (Å²) in [4.78, 5) is 12.4. The zero-order chi connectivity index (χ0) is 15.0. The first-order valence-electron chi connectivity index (χ1n) is 6.44. The number of benzene rings is 1. The van der Waals surface area contributed by atoms with Crippen molar-refractivity contribution in [2.45, 2.75) is 25.9 Å². The smallest absolute Gasteiger partial charge is 0.406 e. The number of halogens is 3.